The fourth-order valence-electron chi connectivity index (χ4n) is 3.82. The summed E-state index contributed by atoms with van der Waals surface area (Å²) in [7, 11) is 0. The Morgan fingerprint density at radius 2 is 1.95 bits per heavy atom. The van der Waals surface area contributed by atoms with Gasteiger partial charge in [0, 0.05) is 24.8 Å². The number of rotatable bonds is 8. The second-order valence-corrected chi connectivity index (χ2v) is 6.41. The number of hydrogen-bond donors (Lipinski definition) is 1. The van der Waals surface area contributed by atoms with E-state index in [9.17, 15) is 0 Å². The Labute approximate surface area is 129 Å². The van der Waals surface area contributed by atoms with Gasteiger partial charge in [0.15, 0.2) is 0 Å². The van der Waals surface area contributed by atoms with Crippen molar-refractivity contribution in [1.82, 2.24) is 14.7 Å². The van der Waals surface area contributed by atoms with Crippen LogP contribution in [0, 0.1) is 0 Å². The molecule has 4 heteroatoms. The summed E-state index contributed by atoms with van der Waals surface area (Å²) in [6.45, 7) is 9.46. The van der Waals surface area contributed by atoms with E-state index in [1.165, 1.54) is 31.4 Å². The van der Waals surface area contributed by atoms with Crippen molar-refractivity contribution in [2.75, 3.05) is 13.1 Å². The Balaban J connectivity index is 2.08. The molecule has 1 heterocycles. The maximum atomic E-state index is 6.13. The molecular formula is C17H32N4. The van der Waals surface area contributed by atoms with Gasteiger partial charge in [0.25, 0.3) is 0 Å². The maximum absolute atomic E-state index is 6.13. The van der Waals surface area contributed by atoms with Crippen molar-refractivity contribution < 1.29 is 0 Å². The van der Waals surface area contributed by atoms with E-state index in [2.05, 4.69) is 42.6 Å². The number of nitrogens with two attached hydrogens (primary N) is 1. The van der Waals surface area contributed by atoms with Crippen LogP contribution in [0.2, 0.25) is 0 Å². The Bertz CT molecular complexity index is 416. The van der Waals surface area contributed by atoms with Gasteiger partial charge in [0.2, 0.25) is 0 Å². The molecule has 1 aliphatic carbocycles. The maximum Gasteiger partial charge on any atom is 0.0765 e. The Morgan fingerprint density at radius 1 is 1.29 bits per heavy atom. The number of aromatic nitrogens is 2. The van der Waals surface area contributed by atoms with Gasteiger partial charge in [0.1, 0.15) is 0 Å². The fraction of sp³-hybridized carbons (Fsp3) is 0.824. The van der Waals surface area contributed by atoms with Crippen molar-refractivity contribution in [3.8, 4) is 0 Å². The van der Waals surface area contributed by atoms with Gasteiger partial charge in [-0.05, 0) is 38.3 Å². The van der Waals surface area contributed by atoms with E-state index >= 15 is 0 Å². The number of nitrogens with zero attached hydrogens (tertiary/aromatic N) is 3. The molecule has 0 unspecified atom stereocenters. The van der Waals surface area contributed by atoms with Crippen molar-refractivity contribution in [3.63, 3.8) is 0 Å². The molecule has 2 rings (SSSR count). The summed E-state index contributed by atoms with van der Waals surface area (Å²) < 4.78 is 2.15. The van der Waals surface area contributed by atoms with Crippen LogP contribution in [0.1, 0.15) is 71.0 Å². The van der Waals surface area contributed by atoms with Crippen LogP contribution in [0.5, 0.6) is 0 Å². The van der Waals surface area contributed by atoms with Crippen LogP contribution in [0.3, 0.4) is 0 Å². The minimum absolute atomic E-state index is 0.216. The SMILES string of the molecule is CCC(CC)n1ccc(CN(CC)C2(CN)CCCC2)n1. The Kier molecular flexibility index (Phi) is 5.82. The molecule has 2 N–H and O–H groups in total. The van der Waals surface area contributed by atoms with E-state index in [-0.39, 0.29) is 5.54 Å². The summed E-state index contributed by atoms with van der Waals surface area (Å²) in [4.78, 5) is 2.56. The molecular weight excluding hydrogens is 260 g/mol. The van der Waals surface area contributed by atoms with Gasteiger partial charge in [-0.15, -0.1) is 0 Å². The van der Waals surface area contributed by atoms with Crippen molar-refractivity contribution in [1.29, 1.82) is 0 Å². The molecule has 4 nitrogen and oxygen atoms in total. The first-order chi connectivity index (χ1) is 10.2. The van der Waals surface area contributed by atoms with Crippen LogP contribution in [0.4, 0.5) is 0 Å². The zero-order valence-corrected chi connectivity index (χ0v) is 14.0. The van der Waals surface area contributed by atoms with Gasteiger partial charge in [-0.25, -0.2) is 0 Å². The third kappa shape index (κ3) is 3.49. The quantitative estimate of drug-likeness (QED) is 0.799. The van der Waals surface area contributed by atoms with E-state index in [1.54, 1.807) is 0 Å². The predicted molar refractivity (Wildman–Crippen MR) is 88.2 cm³/mol. The largest absolute Gasteiger partial charge is 0.329 e. The highest BCUT2D eigenvalue weighted by molar-refractivity contribution is 5.04. The fourth-order valence-corrected chi connectivity index (χ4v) is 3.82. The second kappa shape index (κ2) is 7.41. The van der Waals surface area contributed by atoms with Gasteiger partial charge in [-0.1, -0.05) is 33.6 Å². The molecule has 0 amide bonds. The van der Waals surface area contributed by atoms with Crippen LogP contribution >= 0.6 is 0 Å². The molecule has 0 radical (unpaired) electrons. The summed E-state index contributed by atoms with van der Waals surface area (Å²) >= 11 is 0. The molecule has 120 valence electrons. The zero-order chi connectivity index (χ0) is 15.3. The molecule has 1 fully saturated rings. The highest BCUT2D eigenvalue weighted by atomic mass is 15.3. The highest BCUT2D eigenvalue weighted by Gasteiger charge is 2.37. The topological polar surface area (TPSA) is 47.1 Å². The molecule has 0 spiro atoms. The van der Waals surface area contributed by atoms with Crippen LogP contribution in [-0.4, -0.2) is 33.3 Å². The monoisotopic (exact) mass is 292 g/mol. The van der Waals surface area contributed by atoms with E-state index in [0.717, 1.165) is 32.5 Å². The van der Waals surface area contributed by atoms with Gasteiger partial charge >= 0.3 is 0 Å². The summed E-state index contributed by atoms with van der Waals surface area (Å²) in [6, 6.07) is 2.71. The standard InChI is InChI=1S/C17H32N4/c1-4-16(5-2)21-12-9-15(19-21)13-20(6-3)17(14-18)10-7-8-11-17/h9,12,16H,4-8,10-11,13-14,18H2,1-3H3. The first-order valence-electron chi connectivity index (χ1n) is 8.68. The predicted octanol–water partition coefficient (Wildman–Crippen LogP) is 3.34. The molecule has 1 aromatic rings. The third-order valence-corrected chi connectivity index (χ3v) is 5.30. The van der Waals surface area contributed by atoms with Gasteiger partial charge in [-0.3, -0.25) is 9.58 Å². The Hall–Kier alpha value is -0.870. The van der Waals surface area contributed by atoms with E-state index in [0.29, 0.717) is 6.04 Å². The molecule has 21 heavy (non-hydrogen) atoms. The molecule has 0 saturated heterocycles. The molecule has 0 aromatic carbocycles. The smallest absolute Gasteiger partial charge is 0.0765 e. The van der Waals surface area contributed by atoms with Crippen LogP contribution in [0.15, 0.2) is 12.3 Å². The molecule has 1 aromatic heterocycles. The lowest BCUT2D eigenvalue weighted by Crippen LogP contribution is -2.51. The molecule has 1 aliphatic rings. The number of likely N-dealkylation sites (N-methyl/N-ethyl adjacent to an activating group) is 1. The molecule has 1 saturated carbocycles. The van der Waals surface area contributed by atoms with Crippen molar-refractivity contribution in [2.45, 2.75) is 77.4 Å². The highest BCUT2D eigenvalue weighted by Crippen LogP contribution is 2.35. The normalized spacial score (nSPS) is 18.0. The second-order valence-electron chi connectivity index (χ2n) is 6.41. The van der Waals surface area contributed by atoms with Gasteiger partial charge in [0.05, 0.1) is 11.7 Å². The summed E-state index contributed by atoms with van der Waals surface area (Å²) in [5.41, 5.74) is 7.53. The average molecular weight is 292 g/mol. The van der Waals surface area contributed by atoms with Crippen LogP contribution in [0.25, 0.3) is 0 Å². The van der Waals surface area contributed by atoms with Crippen molar-refractivity contribution >= 4 is 0 Å². The summed E-state index contributed by atoms with van der Waals surface area (Å²) in [5.74, 6) is 0. The minimum Gasteiger partial charge on any atom is -0.329 e. The molecule has 0 aliphatic heterocycles. The molecule has 0 bridgehead atoms. The lowest BCUT2D eigenvalue weighted by atomic mass is 9.95. The van der Waals surface area contributed by atoms with E-state index in [1.807, 2.05) is 0 Å². The van der Waals surface area contributed by atoms with E-state index < -0.39 is 0 Å². The first kappa shape index (κ1) is 16.5. The minimum atomic E-state index is 0.216. The lowest BCUT2D eigenvalue weighted by molar-refractivity contribution is 0.0952. The summed E-state index contributed by atoms with van der Waals surface area (Å²) in [5, 5.41) is 4.81. The van der Waals surface area contributed by atoms with Crippen molar-refractivity contribution in [2.24, 2.45) is 5.73 Å². The van der Waals surface area contributed by atoms with Gasteiger partial charge < -0.3 is 5.73 Å². The van der Waals surface area contributed by atoms with Gasteiger partial charge in [-0.2, -0.15) is 5.10 Å². The molecule has 0 atom stereocenters. The zero-order valence-electron chi connectivity index (χ0n) is 14.0. The first-order valence-corrected chi connectivity index (χ1v) is 8.68. The summed E-state index contributed by atoms with van der Waals surface area (Å²) in [6.07, 6.45) is 9.54. The average Bonchev–Trinajstić information content (AvgIpc) is 3.16. The lowest BCUT2D eigenvalue weighted by Gasteiger charge is -2.39. The van der Waals surface area contributed by atoms with Crippen LogP contribution in [-0.2, 0) is 6.54 Å². The number of hydrogen-bond acceptors (Lipinski definition) is 3. The van der Waals surface area contributed by atoms with E-state index in [4.69, 9.17) is 10.8 Å². The van der Waals surface area contributed by atoms with Crippen molar-refractivity contribution in [3.05, 3.63) is 18.0 Å². The third-order valence-electron chi connectivity index (χ3n) is 5.30. The van der Waals surface area contributed by atoms with Crippen LogP contribution < -0.4 is 5.73 Å². The Morgan fingerprint density at radius 3 is 2.48 bits per heavy atom.